The molecule has 2 rings (SSSR count). The fourth-order valence-electron chi connectivity index (χ4n) is 2.45. The van der Waals surface area contributed by atoms with Gasteiger partial charge >= 0.3 is 5.97 Å². The summed E-state index contributed by atoms with van der Waals surface area (Å²) < 4.78 is 10.6. The van der Waals surface area contributed by atoms with Gasteiger partial charge in [0.1, 0.15) is 12.4 Å². The lowest BCUT2D eigenvalue weighted by Crippen LogP contribution is -2.28. The number of hydrogen-bond donors (Lipinski definition) is 1. The average Bonchev–Trinajstić information content (AvgIpc) is 3.13. The summed E-state index contributed by atoms with van der Waals surface area (Å²) in [4.78, 5) is 36.0. The van der Waals surface area contributed by atoms with E-state index in [0.717, 1.165) is 4.88 Å². The van der Waals surface area contributed by atoms with E-state index in [-0.39, 0.29) is 24.7 Å². The fraction of sp³-hybridized carbons (Fsp3) is 0.316. The standard InChI is InChI=1S/C19H21NO5S/c1-12(21)14-6-7-17(24-3)15(9-14)11-25-19(23)10-16(20-13(2)22)18-5-4-8-26-18/h4-9,16H,10-11H2,1-3H3,(H,20,22)/t16-/m1/s1. The van der Waals surface area contributed by atoms with Crippen molar-refractivity contribution in [1.29, 1.82) is 0 Å². The molecule has 0 saturated carbocycles. The molecule has 0 aliphatic rings. The van der Waals surface area contributed by atoms with Crippen molar-refractivity contribution in [3.63, 3.8) is 0 Å². The first-order valence-electron chi connectivity index (χ1n) is 8.04. The van der Waals surface area contributed by atoms with Gasteiger partial charge in [-0.1, -0.05) is 6.07 Å². The smallest absolute Gasteiger partial charge is 0.308 e. The van der Waals surface area contributed by atoms with Crippen LogP contribution in [0.4, 0.5) is 0 Å². The van der Waals surface area contributed by atoms with Crippen LogP contribution in [-0.2, 0) is 20.9 Å². The second-order valence-corrected chi connectivity index (χ2v) is 6.70. The number of methoxy groups -OCH3 is 1. The summed E-state index contributed by atoms with van der Waals surface area (Å²) in [5.74, 6) is -0.206. The number of amides is 1. The SMILES string of the molecule is COc1ccc(C(C)=O)cc1COC(=O)C[C@@H](NC(C)=O)c1cccs1. The number of ketones is 1. The van der Waals surface area contributed by atoms with Crippen molar-refractivity contribution in [3.8, 4) is 5.75 Å². The van der Waals surface area contributed by atoms with Crippen molar-refractivity contribution >= 4 is 29.0 Å². The molecule has 0 aliphatic heterocycles. The molecule has 1 amide bonds. The fourth-order valence-corrected chi connectivity index (χ4v) is 3.23. The molecule has 1 aromatic carbocycles. The molecular formula is C19H21NO5S. The number of hydrogen-bond acceptors (Lipinski definition) is 6. The Morgan fingerprint density at radius 2 is 1.96 bits per heavy atom. The van der Waals surface area contributed by atoms with Gasteiger partial charge in [0, 0.05) is 22.9 Å². The predicted molar refractivity (Wildman–Crippen MR) is 98.3 cm³/mol. The minimum absolute atomic E-state index is 0.0135. The number of thiophene rings is 1. The van der Waals surface area contributed by atoms with Crippen molar-refractivity contribution in [1.82, 2.24) is 5.32 Å². The molecular weight excluding hydrogens is 354 g/mol. The zero-order valence-electron chi connectivity index (χ0n) is 14.9. The molecule has 1 atom stereocenters. The van der Waals surface area contributed by atoms with Crippen molar-refractivity contribution < 1.29 is 23.9 Å². The molecule has 0 radical (unpaired) electrons. The van der Waals surface area contributed by atoms with Crippen LogP contribution in [0.25, 0.3) is 0 Å². The van der Waals surface area contributed by atoms with Gasteiger partial charge in [-0.3, -0.25) is 14.4 Å². The van der Waals surface area contributed by atoms with Gasteiger partial charge in [0.2, 0.25) is 5.91 Å². The second kappa shape index (κ2) is 9.15. The summed E-state index contributed by atoms with van der Waals surface area (Å²) in [6.45, 7) is 2.86. The summed E-state index contributed by atoms with van der Waals surface area (Å²) in [5.41, 5.74) is 1.13. The number of ether oxygens (including phenoxy) is 2. The van der Waals surface area contributed by atoms with Crippen LogP contribution in [0, 0.1) is 0 Å². The van der Waals surface area contributed by atoms with E-state index < -0.39 is 12.0 Å². The van der Waals surface area contributed by atoms with E-state index in [0.29, 0.717) is 16.9 Å². The van der Waals surface area contributed by atoms with Gasteiger partial charge in [-0.05, 0) is 36.6 Å². The monoisotopic (exact) mass is 375 g/mol. The molecule has 0 spiro atoms. The highest BCUT2D eigenvalue weighted by molar-refractivity contribution is 7.10. The number of benzene rings is 1. The molecule has 2 aromatic rings. The van der Waals surface area contributed by atoms with E-state index >= 15 is 0 Å². The third-order valence-electron chi connectivity index (χ3n) is 3.71. The quantitative estimate of drug-likeness (QED) is 0.566. The van der Waals surface area contributed by atoms with E-state index in [2.05, 4.69) is 5.32 Å². The first-order chi connectivity index (χ1) is 12.4. The van der Waals surface area contributed by atoms with E-state index in [1.165, 1.54) is 32.3 Å². The minimum Gasteiger partial charge on any atom is -0.496 e. The Kier molecular flexibility index (Phi) is 6.91. The second-order valence-electron chi connectivity index (χ2n) is 5.72. The van der Waals surface area contributed by atoms with E-state index in [4.69, 9.17) is 9.47 Å². The summed E-state index contributed by atoms with van der Waals surface area (Å²) in [5, 5.41) is 4.64. The Morgan fingerprint density at radius 1 is 1.19 bits per heavy atom. The van der Waals surface area contributed by atoms with Crippen LogP contribution in [0.1, 0.15) is 47.1 Å². The van der Waals surface area contributed by atoms with Gasteiger partial charge in [0.05, 0.1) is 19.6 Å². The number of carbonyl (C=O) groups excluding carboxylic acids is 3. The number of rotatable bonds is 8. The number of Topliss-reactive ketones (excluding diaryl/α,β-unsaturated/α-hetero) is 1. The van der Waals surface area contributed by atoms with Gasteiger partial charge in [-0.25, -0.2) is 0 Å². The molecule has 1 N–H and O–H groups in total. The number of nitrogens with one attached hydrogen (secondary N) is 1. The molecule has 0 unspecified atom stereocenters. The predicted octanol–water partition coefficient (Wildman–Crippen LogP) is 3.27. The Morgan fingerprint density at radius 3 is 2.54 bits per heavy atom. The molecule has 138 valence electrons. The zero-order valence-corrected chi connectivity index (χ0v) is 15.7. The Labute approximate surface area is 156 Å². The molecule has 0 aliphatic carbocycles. The van der Waals surface area contributed by atoms with E-state index in [1.807, 2.05) is 17.5 Å². The third kappa shape index (κ3) is 5.42. The van der Waals surface area contributed by atoms with Crippen LogP contribution in [-0.4, -0.2) is 24.8 Å². The van der Waals surface area contributed by atoms with Gasteiger partial charge in [0.25, 0.3) is 0 Å². The lowest BCUT2D eigenvalue weighted by Gasteiger charge is -2.16. The number of carbonyl (C=O) groups is 3. The van der Waals surface area contributed by atoms with E-state index in [9.17, 15) is 14.4 Å². The minimum atomic E-state index is -0.451. The van der Waals surface area contributed by atoms with Gasteiger partial charge in [-0.2, -0.15) is 0 Å². The summed E-state index contributed by atoms with van der Waals surface area (Å²) in [6, 6.07) is 8.28. The largest absolute Gasteiger partial charge is 0.496 e. The maximum atomic E-state index is 12.2. The highest BCUT2D eigenvalue weighted by Gasteiger charge is 2.19. The molecule has 1 aromatic heterocycles. The number of esters is 1. The molecule has 6 nitrogen and oxygen atoms in total. The highest BCUT2D eigenvalue weighted by atomic mass is 32.1. The Balaban J connectivity index is 2.04. The van der Waals surface area contributed by atoms with Crippen LogP contribution < -0.4 is 10.1 Å². The van der Waals surface area contributed by atoms with Crippen LogP contribution in [0.3, 0.4) is 0 Å². The van der Waals surface area contributed by atoms with Crippen molar-refractivity contribution in [2.24, 2.45) is 0 Å². The summed E-state index contributed by atoms with van der Waals surface area (Å²) >= 11 is 1.46. The lowest BCUT2D eigenvalue weighted by atomic mass is 10.1. The normalized spacial score (nSPS) is 11.5. The first kappa shape index (κ1) is 19.7. The first-order valence-corrected chi connectivity index (χ1v) is 8.92. The van der Waals surface area contributed by atoms with Gasteiger partial charge < -0.3 is 14.8 Å². The molecule has 0 fully saturated rings. The third-order valence-corrected chi connectivity index (χ3v) is 4.70. The highest BCUT2D eigenvalue weighted by Crippen LogP contribution is 2.24. The van der Waals surface area contributed by atoms with Gasteiger partial charge in [-0.15, -0.1) is 11.3 Å². The zero-order chi connectivity index (χ0) is 19.1. The van der Waals surface area contributed by atoms with Crippen LogP contribution in [0.2, 0.25) is 0 Å². The van der Waals surface area contributed by atoms with Crippen molar-refractivity contribution in [3.05, 3.63) is 51.7 Å². The van der Waals surface area contributed by atoms with Crippen LogP contribution >= 0.6 is 11.3 Å². The average molecular weight is 375 g/mol. The molecule has 1 heterocycles. The summed E-state index contributed by atoms with van der Waals surface area (Å²) in [6.07, 6.45) is 0.0226. The molecule has 7 heteroatoms. The topological polar surface area (TPSA) is 81.7 Å². The lowest BCUT2D eigenvalue weighted by molar-refractivity contribution is -0.145. The maximum absolute atomic E-state index is 12.2. The van der Waals surface area contributed by atoms with Crippen LogP contribution in [0.5, 0.6) is 5.75 Å². The van der Waals surface area contributed by atoms with Gasteiger partial charge in [0.15, 0.2) is 5.78 Å². The molecule has 0 saturated heterocycles. The van der Waals surface area contributed by atoms with E-state index in [1.54, 1.807) is 18.2 Å². The van der Waals surface area contributed by atoms with Crippen molar-refractivity contribution in [2.45, 2.75) is 32.9 Å². The van der Waals surface area contributed by atoms with Crippen LogP contribution in [0.15, 0.2) is 35.7 Å². The van der Waals surface area contributed by atoms with Crippen molar-refractivity contribution in [2.75, 3.05) is 7.11 Å². The molecule has 26 heavy (non-hydrogen) atoms. The summed E-state index contributed by atoms with van der Waals surface area (Å²) in [7, 11) is 1.51. The molecule has 0 bridgehead atoms. The Bertz CT molecular complexity index is 785. The maximum Gasteiger partial charge on any atom is 0.308 e. The Hall–Kier alpha value is -2.67.